The van der Waals surface area contributed by atoms with E-state index in [1.165, 1.54) is 6.07 Å². The Labute approximate surface area is 107 Å². The van der Waals surface area contributed by atoms with Gasteiger partial charge in [-0.25, -0.2) is 0 Å². The molecule has 0 fully saturated rings. The minimum Gasteiger partial charge on any atom is -0.487 e. The van der Waals surface area contributed by atoms with Gasteiger partial charge in [-0.2, -0.15) is 0 Å². The van der Waals surface area contributed by atoms with Crippen LogP contribution in [0.1, 0.15) is 20.3 Å². The molecule has 1 N–H and O–H groups in total. The van der Waals surface area contributed by atoms with Gasteiger partial charge in [0.25, 0.3) is 0 Å². The van der Waals surface area contributed by atoms with Crippen molar-refractivity contribution in [2.24, 2.45) is 0 Å². The smallest absolute Gasteiger partial charge is 0.311 e. The Bertz CT molecular complexity index is 444. The molecule has 5 nitrogen and oxygen atoms in total. The highest BCUT2D eigenvalue weighted by atomic mass is 16.6. The third-order valence-electron chi connectivity index (χ3n) is 2.21. The van der Waals surface area contributed by atoms with E-state index in [0.29, 0.717) is 18.9 Å². The predicted molar refractivity (Wildman–Crippen MR) is 72.2 cm³/mol. The number of nitro groups is 1. The van der Waals surface area contributed by atoms with Crippen molar-refractivity contribution < 1.29 is 9.66 Å². The molecule has 0 atom stereocenters. The van der Waals surface area contributed by atoms with Crippen LogP contribution in [0.15, 0.2) is 30.4 Å². The lowest BCUT2D eigenvalue weighted by atomic mass is 10.2. The number of benzene rings is 1. The van der Waals surface area contributed by atoms with Gasteiger partial charge in [0.1, 0.15) is 0 Å². The largest absolute Gasteiger partial charge is 0.487 e. The SMILES string of the molecule is C=C(C)CNc1ccc([N+](=O)[O-])c(OCCC)c1. The maximum Gasteiger partial charge on any atom is 0.311 e. The molecule has 0 saturated heterocycles. The summed E-state index contributed by atoms with van der Waals surface area (Å²) >= 11 is 0. The summed E-state index contributed by atoms with van der Waals surface area (Å²) in [6, 6.07) is 4.77. The van der Waals surface area contributed by atoms with E-state index in [1.807, 2.05) is 13.8 Å². The van der Waals surface area contributed by atoms with Gasteiger partial charge < -0.3 is 10.1 Å². The lowest BCUT2D eigenvalue weighted by Crippen LogP contribution is -2.04. The maximum atomic E-state index is 10.9. The van der Waals surface area contributed by atoms with Crippen LogP contribution in [0.2, 0.25) is 0 Å². The zero-order chi connectivity index (χ0) is 13.5. The first-order chi connectivity index (χ1) is 8.54. The second-order valence-corrected chi connectivity index (χ2v) is 4.10. The molecule has 0 unspecified atom stereocenters. The number of anilines is 1. The van der Waals surface area contributed by atoms with Gasteiger partial charge in [0.15, 0.2) is 5.75 Å². The minimum absolute atomic E-state index is 0.00988. The fourth-order valence-electron chi connectivity index (χ4n) is 1.36. The van der Waals surface area contributed by atoms with Crippen molar-refractivity contribution in [2.75, 3.05) is 18.5 Å². The molecule has 98 valence electrons. The van der Waals surface area contributed by atoms with Crippen molar-refractivity contribution in [2.45, 2.75) is 20.3 Å². The zero-order valence-corrected chi connectivity index (χ0v) is 10.7. The van der Waals surface area contributed by atoms with Gasteiger partial charge in [0, 0.05) is 24.4 Å². The fourth-order valence-corrected chi connectivity index (χ4v) is 1.36. The molecule has 0 aromatic heterocycles. The third kappa shape index (κ3) is 4.08. The summed E-state index contributed by atoms with van der Waals surface area (Å²) in [5.74, 6) is 0.300. The molecule has 0 heterocycles. The molecular weight excluding hydrogens is 232 g/mol. The second-order valence-electron chi connectivity index (χ2n) is 4.10. The highest BCUT2D eigenvalue weighted by Crippen LogP contribution is 2.30. The van der Waals surface area contributed by atoms with Gasteiger partial charge in [-0.05, 0) is 19.4 Å². The molecule has 1 rings (SSSR count). The number of ether oxygens (including phenoxy) is 1. The topological polar surface area (TPSA) is 64.4 Å². The molecule has 1 aromatic rings. The van der Waals surface area contributed by atoms with E-state index >= 15 is 0 Å². The summed E-state index contributed by atoms with van der Waals surface area (Å²) in [5.41, 5.74) is 1.77. The summed E-state index contributed by atoms with van der Waals surface area (Å²) in [6.07, 6.45) is 0.806. The summed E-state index contributed by atoms with van der Waals surface area (Å²) < 4.78 is 5.39. The maximum absolute atomic E-state index is 10.9. The van der Waals surface area contributed by atoms with Crippen molar-refractivity contribution >= 4 is 11.4 Å². The van der Waals surface area contributed by atoms with E-state index in [0.717, 1.165) is 17.7 Å². The van der Waals surface area contributed by atoms with Crippen LogP contribution >= 0.6 is 0 Å². The van der Waals surface area contributed by atoms with Crippen LogP contribution in [-0.4, -0.2) is 18.1 Å². The van der Waals surface area contributed by atoms with Crippen molar-refractivity contribution in [3.05, 3.63) is 40.5 Å². The van der Waals surface area contributed by atoms with Crippen molar-refractivity contribution in [1.82, 2.24) is 0 Å². The molecule has 0 amide bonds. The van der Waals surface area contributed by atoms with E-state index in [2.05, 4.69) is 11.9 Å². The van der Waals surface area contributed by atoms with E-state index in [4.69, 9.17) is 4.74 Å². The summed E-state index contributed by atoms with van der Waals surface area (Å²) in [4.78, 5) is 10.4. The average molecular weight is 250 g/mol. The standard InChI is InChI=1S/C13H18N2O3/c1-4-7-18-13-8-11(14-9-10(2)3)5-6-12(13)15(16)17/h5-6,8,14H,2,4,7,9H2,1,3H3. The second kappa shape index (κ2) is 6.64. The third-order valence-corrected chi connectivity index (χ3v) is 2.21. The van der Waals surface area contributed by atoms with Crippen LogP contribution < -0.4 is 10.1 Å². The Morgan fingerprint density at radius 2 is 2.28 bits per heavy atom. The minimum atomic E-state index is -0.437. The molecule has 0 aliphatic carbocycles. The lowest BCUT2D eigenvalue weighted by molar-refractivity contribution is -0.385. The first kappa shape index (κ1) is 14.0. The summed E-state index contributed by atoms with van der Waals surface area (Å²) in [6.45, 7) is 8.74. The van der Waals surface area contributed by atoms with Crippen LogP contribution in [0.25, 0.3) is 0 Å². The molecule has 0 spiro atoms. The van der Waals surface area contributed by atoms with Gasteiger partial charge >= 0.3 is 5.69 Å². The Kier molecular flexibility index (Phi) is 5.17. The average Bonchev–Trinajstić information content (AvgIpc) is 2.33. The molecule has 1 aromatic carbocycles. The van der Waals surface area contributed by atoms with Gasteiger partial charge in [-0.3, -0.25) is 10.1 Å². The molecule has 0 bridgehead atoms. The van der Waals surface area contributed by atoms with Crippen molar-refractivity contribution in [3.63, 3.8) is 0 Å². The molecule has 18 heavy (non-hydrogen) atoms. The number of nitrogens with zero attached hydrogens (tertiary/aromatic N) is 1. The van der Waals surface area contributed by atoms with E-state index in [9.17, 15) is 10.1 Å². The quantitative estimate of drug-likeness (QED) is 0.458. The van der Waals surface area contributed by atoms with Gasteiger partial charge in [-0.15, -0.1) is 0 Å². The monoisotopic (exact) mass is 250 g/mol. The summed E-state index contributed by atoms with van der Waals surface area (Å²) in [7, 11) is 0. The molecule has 0 aliphatic heterocycles. The Balaban J connectivity index is 2.89. The van der Waals surface area contributed by atoms with Crippen molar-refractivity contribution in [3.8, 4) is 5.75 Å². The van der Waals surface area contributed by atoms with Gasteiger partial charge in [-0.1, -0.05) is 19.1 Å². The Morgan fingerprint density at radius 1 is 1.56 bits per heavy atom. The normalized spacial score (nSPS) is 9.89. The Hall–Kier alpha value is -2.04. The molecule has 0 radical (unpaired) electrons. The molecule has 5 heteroatoms. The van der Waals surface area contributed by atoms with Crippen LogP contribution in [0.3, 0.4) is 0 Å². The van der Waals surface area contributed by atoms with Crippen LogP contribution in [0, 0.1) is 10.1 Å². The fraction of sp³-hybridized carbons (Fsp3) is 0.385. The van der Waals surface area contributed by atoms with Gasteiger partial charge in [0.2, 0.25) is 0 Å². The first-order valence-corrected chi connectivity index (χ1v) is 5.84. The number of hydrogen-bond acceptors (Lipinski definition) is 4. The molecular formula is C13H18N2O3. The van der Waals surface area contributed by atoms with Gasteiger partial charge in [0.05, 0.1) is 11.5 Å². The van der Waals surface area contributed by atoms with E-state index in [1.54, 1.807) is 12.1 Å². The van der Waals surface area contributed by atoms with Crippen molar-refractivity contribution in [1.29, 1.82) is 0 Å². The van der Waals surface area contributed by atoms with Crippen LogP contribution in [-0.2, 0) is 0 Å². The van der Waals surface area contributed by atoms with Crippen LogP contribution in [0.4, 0.5) is 11.4 Å². The van der Waals surface area contributed by atoms with Crippen LogP contribution in [0.5, 0.6) is 5.75 Å². The Morgan fingerprint density at radius 3 is 2.83 bits per heavy atom. The highest BCUT2D eigenvalue weighted by molar-refractivity contribution is 5.58. The zero-order valence-electron chi connectivity index (χ0n) is 10.7. The number of hydrogen-bond donors (Lipinski definition) is 1. The number of nitro benzene ring substituents is 1. The predicted octanol–water partition coefficient (Wildman–Crippen LogP) is 3.37. The van der Waals surface area contributed by atoms with E-state index < -0.39 is 4.92 Å². The molecule has 0 saturated carbocycles. The number of rotatable bonds is 7. The van der Waals surface area contributed by atoms with E-state index in [-0.39, 0.29) is 5.69 Å². The summed E-state index contributed by atoms with van der Waals surface area (Å²) in [5, 5.41) is 14.0. The highest BCUT2D eigenvalue weighted by Gasteiger charge is 2.15. The first-order valence-electron chi connectivity index (χ1n) is 5.84. The lowest BCUT2D eigenvalue weighted by Gasteiger charge is -2.09. The number of nitrogens with one attached hydrogen (secondary N) is 1. The molecule has 0 aliphatic rings.